The van der Waals surface area contributed by atoms with Gasteiger partial charge in [-0.15, -0.1) is 10.2 Å². The van der Waals surface area contributed by atoms with Gasteiger partial charge in [-0.25, -0.2) is 0 Å². The third-order valence-electron chi connectivity index (χ3n) is 3.64. The van der Waals surface area contributed by atoms with Crippen molar-refractivity contribution in [1.82, 2.24) is 10.2 Å². The molecule has 0 unspecified atom stereocenters. The Morgan fingerprint density at radius 1 is 1.08 bits per heavy atom. The fourth-order valence-corrected chi connectivity index (χ4v) is 5.28. The lowest BCUT2D eigenvalue weighted by Gasteiger charge is -2.04. The molecule has 4 rings (SSSR count). The third-order valence-corrected chi connectivity index (χ3v) is 6.71. The molecule has 0 saturated heterocycles. The Balaban J connectivity index is 1.44. The summed E-state index contributed by atoms with van der Waals surface area (Å²) in [6.07, 6.45) is 0. The predicted octanol–water partition coefficient (Wildman–Crippen LogP) is 5.28. The number of carbonyl (C=O) groups excluding carboxylic acids is 1. The summed E-state index contributed by atoms with van der Waals surface area (Å²) < 4.78 is 7.56. The van der Waals surface area contributed by atoms with Crippen molar-refractivity contribution in [3.63, 3.8) is 0 Å². The van der Waals surface area contributed by atoms with Crippen LogP contribution < -0.4 is 5.32 Å². The number of carbonyl (C=O) groups is 1. The molecule has 0 saturated carbocycles. The number of hydrogen-bond donors (Lipinski definition) is 1. The third kappa shape index (κ3) is 3.72. The largest absolute Gasteiger partial charge is 0.456 e. The molecule has 0 radical (unpaired) electrons. The fourth-order valence-electron chi connectivity index (χ4n) is 2.57. The molecular weight excluding hydrogens is 386 g/mol. The maximum Gasteiger partial charge on any atom is 0.234 e. The molecule has 0 bridgehead atoms. The summed E-state index contributed by atoms with van der Waals surface area (Å²) in [6, 6.07) is 13.6. The zero-order chi connectivity index (χ0) is 17.9. The zero-order valence-corrected chi connectivity index (χ0v) is 16.3. The van der Waals surface area contributed by atoms with E-state index >= 15 is 0 Å². The van der Waals surface area contributed by atoms with Crippen LogP contribution in [-0.2, 0) is 4.79 Å². The van der Waals surface area contributed by atoms with Crippen LogP contribution in [0.2, 0.25) is 0 Å². The van der Waals surface area contributed by atoms with E-state index in [1.807, 2.05) is 42.5 Å². The minimum Gasteiger partial charge on any atom is -0.456 e. The molecule has 1 amide bonds. The minimum absolute atomic E-state index is 0.0676. The van der Waals surface area contributed by atoms with Crippen LogP contribution in [0.5, 0.6) is 0 Å². The van der Waals surface area contributed by atoms with Crippen LogP contribution in [-0.4, -0.2) is 27.6 Å². The van der Waals surface area contributed by atoms with Crippen molar-refractivity contribution in [2.45, 2.75) is 15.6 Å². The van der Waals surface area contributed by atoms with E-state index in [1.54, 1.807) is 11.8 Å². The fraction of sp³-hybridized carbons (Fsp3) is 0.167. The normalized spacial score (nSPS) is 11.3. The first-order chi connectivity index (χ1) is 12.7. The summed E-state index contributed by atoms with van der Waals surface area (Å²) in [5.41, 5.74) is 2.42. The van der Waals surface area contributed by atoms with E-state index in [9.17, 15) is 4.79 Å². The SMILES string of the molecule is CCSc1nnc(SCC(=O)Nc2ccc3oc4ccccc4c3c2)s1. The Morgan fingerprint density at radius 3 is 2.69 bits per heavy atom. The van der Waals surface area contributed by atoms with Gasteiger partial charge < -0.3 is 9.73 Å². The molecule has 0 aliphatic rings. The maximum atomic E-state index is 12.3. The van der Waals surface area contributed by atoms with E-state index in [2.05, 4.69) is 22.4 Å². The monoisotopic (exact) mass is 401 g/mol. The van der Waals surface area contributed by atoms with Crippen LogP contribution in [0.3, 0.4) is 0 Å². The second kappa shape index (κ2) is 7.69. The highest BCUT2D eigenvalue weighted by Gasteiger charge is 2.11. The van der Waals surface area contributed by atoms with Gasteiger partial charge in [-0.3, -0.25) is 4.79 Å². The molecule has 8 heteroatoms. The molecule has 0 atom stereocenters. The first-order valence-corrected chi connectivity index (χ1v) is 10.8. The molecule has 2 heterocycles. The number of benzene rings is 2. The molecule has 2 aromatic carbocycles. The quantitative estimate of drug-likeness (QED) is 0.443. The summed E-state index contributed by atoms with van der Waals surface area (Å²) in [6.45, 7) is 2.08. The number of fused-ring (bicyclic) bond motifs is 3. The van der Waals surface area contributed by atoms with E-state index in [0.717, 1.165) is 42.1 Å². The summed E-state index contributed by atoms with van der Waals surface area (Å²) >= 11 is 4.58. The van der Waals surface area contributed by atoms with E-state index in [0.29, 0.717) is 5.75 Å². The molecule has 4 aromatic rings. The number of amides is 1. The summed E-state index contributed by atoms with van der Waals surface area (Å²) in [5.74, 6) is 1.20. The zero-order valence-electron chi connectivity index (χ0n) is 13.9. The van der Waals surface area contributed by atoms with Crippen molar-refractivity contribution in [3.8, 4) is 0 Å². The minimum atomic E-state index is -0.0676. The average molecular weight is 402 g/mol. The Kier molecular flexibility index (Phi) is 5.14. The maximum absolute atomic E-state index is 12.3. The lowest BCUT2D eigenvalue weighted by molar-refractivity contribution is -0.113. The number of nitrogens with zero attached hydrogens (tertiary/aromatic N) is 2. The number of anilines is 1. The highest BCUT2D eigenvalue weighted by Crippen LogP contribution is 2.31. The van der Waals surface area contributed by atoms with Crippen molar-refractivity contribution in [2.75, 3.05) is 16.8 Å². The molecule has 0 fully saturated rings. The Bertz CT molecular complexity index is 1070. The predicted molar refractivity (Wildman–Crippen MR) is 109 cm³/mol. The van der Waals surface area contributed by atoms with Gasteiger partial charge in [0.05, 0.1) is 5.75 Å². The number of para-hydroxylation sites is 1. The second-order valence-electron chi connectivity index (χ2n) is 5.41. The van der Waals surface area contributed by atoms with Crippen LogP contribution in [0, 0.1) is 0 Å². The molecular formula is C18H15N3O2S3. The summed E-state index contributed by atoms with van der Waals surface area (Å²) in [4.78, 5) is 12.3. The van der Waals surface area contributed by atoms with Gasteiger partial charge in [-0.05, 0) is 30.0 Å². The van der Waals surface area contributed by atoms with Crippen LogP contribution >= 0.6 is 34.9 Å². The number of rotatable bonds is 6. The number of aromatic nitrogens is 2. The van der Waals surface area contributed by atoms with Crippen LogP contribution in [0.4, 0.5) is 5.69 Å². The summed E-state index contributed by atoms with van der Waals surface area (Å²) in [7, 11) is 0. The van der Waals surface area contributed by atoms with Gasteiger partial charge in [0.2, 0.25) is 5.91 Å². The van der Waals surface area contributed by atoms with Crippen molar-refractivity contribution >= 4 is 68.4 Å². The Hall–Kier alpha value is -2.03. The number of thioether (sulfide) groups is 2. The number of hydrogen-bond acceptors (Lipinski definition) is 7. The molecule has 1 N–H and O–H groups in total. The van der Waals surface area contributed by atoms with Gasteiger partial charge in [0.1, 0.15) is 11.2 Å². The Morgan fingerprint density at radius 2 is 1.85 bits per heavy atom. The molecule has 132 valence electrons. The van der Waals surface area contributed by atoms with Crippen molar-refractivity contribution in [1.29, 1.82) is 0 Å². The van der Waals surface area contributed by atoms with Gasteiger partial charge in [0, 0.05) is 16.5 Å². The first kappa shape index (κ1) is 17.4. The molecule has 0 spiro atoms. The molecule has 2 aromatic heterocycles. The van der Waals surface area contributed by atoms with E-state index in [4.69, 9.17) is 4.42 Å². The highest BCUT2D eigenvalue weighted by atomic mass is 32.2. The first-order valence-electron chi connectivity index (χ1n) is 8.03. The van der Waals surface area contributed by atoms with Gasteiger partial charge in [-0.1, -0.05) is 60.0 Å². The lowest BCUT2D eigenvalue weighted by atomic mass is 10.1. The smallest absolute Gasteiger partial charge is 0.234 e. The number of nitrogens with one attached hydrogen (secondary N) is 1. The van der Waals surface area contributed by atoms with Gasteiger partial charge in [0.25, 0.3) is 0 Å². The van der Waals surface area contributed by atoms with Crippen LogP contribution in [0.25, 0.3) is 21.9 Å². The molecule has 0 aliphatic heterocycles. The van der Waals surface area contributed by atoms with Crippen molar-refractivity contribution < 1.29 is 9.21 Å². The standard InChI is InChI=1S/C18H15N3O2S3/c1-2-24-17-20-21-18(26-17)25-10-16(22)19-11-7-8-15-13(9-11)12-5-3-4-6-14(12)23-15/h3-9H,2,10H2,1H3,(H,19,22). The highest BCUT2D eigenvalue weighted by molar-refractivity contribution is 8.03. The lowest BCUT2D eigenvalue weighted by Crippen LogP contribution is -2.13. The van der Waals surface area contributed by atoms with Crippen molar-refractivity contribution in [3.05, 3.63) is 42.5 Å². The van der Waals surface area contributed by atoms with E-state index < -0.39 is 0 Å². The van der Waals surface area contributed by atoms with E-state index in [-0.39, 0.29) is 5.91 Å². The van der Waals surface area contributed by atoms with Crippen LogP contribution in [0.15, 0.2) is 55.6 Å². The van der Waals surface area contributed by atoms with E-state index in [1.165, 1.54) is 23.1 Å². The van der Waals surface area contributed by atoms with Crippen LogP contribution in [0.1, 0.15) is 6.92 Å². The van der Waals surface area contributed by atoms with Gasteiger partial charge in [0.15, 0.2) is 8.68 Å². The number of furan rings is 1. The van der Waals surface area contributed by atoms with Crippen molar-refractivity contribution in [2.24, 2.45) is 0 Å². The topological polar surface area (TPSA) is 68.0 Å². The average Bonchev–Trinajstić information content (AvgIpc) is 3.24. The Labute approximate surface area is 162 Å². The second-order valence-corrected chi connectivity index (χ2v) is 9.12. The van der Waals surface area contributed by atoms with Gasteiger partial charge >= 0.3 is 0 Å². The molecule has 26 heavy (non-hydrogen) atoms. The molecule has 0 aliphatic carbocycles. The summed E-state index contributed by atoms with van der Waals surface area (Å²) in [5, 5.41) is 13.2. The molecule has 5 nitrogen and oxygen atoms in total. The van der Waals surface area contributed by atoms with Gasteiger partial charge in [-0.2, -0.15) is 0 Å².